The minimum Gasteiger partial charge on any atom is -0.493 e. The molecule has 6 nitrogen and oxygen atoms in total. The number of methoxy groups -OCH3 is 3. The van der Waals surface area contributed by atoms with E-state index in [1.165, 1.54) is 5.56 Å². The zero-order chi connectivity index (χ0) is 22.3. The number of nitrogens with one attached hydrogen (secondary N) is 1. The van der Waals surface area contributed by atoms with Gasteiger partial charge in [-0.05, 0) is 41.7 Å². The maximum Gasteiger partial charge on any atom is 0.261 e. The third-order valence-corrected chi connectivity index (χ3v) is 4.90. The lowest BCUT2D eigenvalue weighted by Gasteiger charge is -2.21. The van der Waals surface area contributed by atoms with Gasteiger partial charge in [0.05, 0.1) is 21.3 Å². The van der Waals surface area contributed by atoms with Crippen molar-refractivity contribution in [2.24, 2.45) is 0 Å². The summed E-state index contributed by atoms with van der Waals surface area (Å²) in [6.45, 7) is 8.69. The second-order valence-electron chi connectivity index (χ2n) is 8.00. The monoisotopic (exact) mass is 415 g/mol. The molecule has 1 amide bonds. The van der Waals surface area contributed by atoms with Crippen LogP contribution in [0.5, 0.6) is 23.0 Å². The second kappa shape index (κ2) is 10.2. The Morgan fingerprint density at radius 3 is 2.07 bits per heavy atom. The minimum atomic E-state index is -0.586. The van der Waals surface area contributed by atoms with E-state index in [0.717, 1.165) is 5.56 Å². The van der Waals surface area contributed by atoms with Crippen molar-refractivity contribution < 1.29 is 23.7 Å². The lowest BCUT2D eigenvalue weighted by atomic mass is 9.87. The Kier molecular flexibility index (Phi) is 7.98. The summed E-state index contributed by atoms with van der Waals surface area (Å²) < 4.78 is 22.1. The number of amides is 1. The quantitative estimate of drug-likeness (QED) is 0.654. The van der Waals surface area contributed by atoms with E-state index in [1.807, 2.05) is 37.3 Å². The fourth-order valence-electron chi connectivity index (χ4n) is 3.12. The van der Waals surface area contributed by atoms with Crippen molar-refractivity contribution >= 4 is 5.91 Å². The number of hydrogen-bond acceptors (Lipinski definition) is 5. The first kappa shape index (κ1) is 23.4. The molecule has 2 aromatic rings. The molecule has 1 N–H and O–H groups in total. The maximum absolute atomic E-state index is 12.7. The van der Waals surface area contributed by atoms with Gasteiger partial charge in [0.25, 0.3) is 5.91 Å². The van der Waals surface area contributed by atoms with Gasteiger partial charge in [-0.2, -0.15) is 0 Å². The van der Waals surface area contributed by atoms with E-state index in [0.29, 0.717) is 29.4 Å². The van der Waals surface area contributed by atoms with E-state index >= 15 is 0 Å². The van der Waals surface area contributed by atoms with Gasteiger partial charge in [-0.15, -0.1) is 0 Å². The normalized spacial score (nSPS) is 12.1. The maximum atomic E-state index is 12.7. The summed E-state index contributed by atoms with van der Waals surface area (Å²) in [6, 6.07) is 11.5. The molecule has 0 aliphatic carbocycles. The molecule has 0 saturated heterocycles. The van der Waals surface area contributed by atoms with Gasteiger partial charge in [0.2, 0.25) is 5.75 Å². The van der Waals surface area contributed by atoms with E-state index < -0.39 is 6.10 Å². The Labute approximate surface area is 179 Å². The van der Waals surface area contributed by atoms with Gasteiger partial charge in [0.1, 0.15) is 5.75 Å². The predicted octanol–water partition coefficient (Wildman–Crippen LogP) is 4.48. The Bertz CT molecular complexity index is 840. The molecule has 0 heterocycles. The molecular weight excluding hydrogens is 382 g/mol. The first-order valence-electron chi connectivity index (χ1n) is 10.1. The van der Waals surface area contributed by atoms with Crippen molar-refractivity contribution in [3.05, 3.63) is 47.5 Å². The van der Waals surface area contributed by atoms with Crippen molar-refractivity contribution in [1.29, 1.82) is 0 Å². The fraction of sp³-hybridized carbons (Fsp3) is 0.458. The Morgan fingerprint density at radius 1 is 0.933 bits per heavy atom. The number of benzene rings is 2. The predicted molar refractivity (Wildman–Crippen MR) is 118 cm³/mol. The van der Waals surface area contributed by atoms with Crippen molar-refractivity contribution in [1.82, 2.24) is 5.32 Å². The van der Waals surface area contributed by atoms with Crippen LogP contribution in [0, 0.1) is 0 Å². The molecule has 1 unspecified atom stereocenters. The number of carbonyl (C=O) groups is 1. The molecule has 2 aromatic carbocycles. The molecule has 0 aliphatic heterocycles. The molecule has 0 spiro atoms. The molecular formula is C24H33NO5. The Balaban J connectivity index is 2.07. The zero-order valence-corrected chi connectivity index (χ0v) is 19.0. The highest BCUT2D eigenvalue weighted by Crippen LogP contribution is 2.39. The van der Waals surface area contributed by atoms with E-state index in [-0.39, 0.29) is 17.9 Å². The molecule has 1 atom stereocenters. The average Bonchev–Trinajstić information content (AvgIpc) is 2.74. The van der Waals surface area contributed by atoms with Crippen LogP contribution in [0.1, 0.15) is 45.2 Å². The van der Waals surface area contributed by atoms with Crippen molar-refractivity contribution in [3.8, 4) is 23.0 Å². The summed E-state index contributed by atoms with van der Waals surface area (Å²) in [4.78, 5) is 12.7. The standard InChI is InChI=1S/C24H33NO5/c1-8-19(30-18-12-10-17(11-13-18)24(2,3)4)23(26)25-15-16-9-14-20(27-5)22(29-7)21(16)28-6/h9-14,19H,8,15H2,1-7H3,(H,25,26). The molecule has 0 saturated carbocycles. The van der Waals surface area contributed by atoms with Crippen molar-refractivity contribution in [2.75, 3.05) is 21.3 Å². The largest absolute Gasteiger partial charge is 0.493 e. The molecule has 30 heavy (non-hydrogen) atoms. The van der Waals surface area contributed by atoms with Gasteiger partial charge in [-0.3, -0.25) is 4.79 Å². The summed E-state index contributed by atoms with van der Waals surface area (Å²) in [7, 11) is 4.67. The van der Waals surface area contributed by atoms with Gasteiger partial charge < -0.3 is 24.3 Å². The van der Waals surface area contributed by atoms with E-state index in [9.17, 15) is 4.79 Å². The van der Waals surface area contributed by atoms with Gasteiger partial charge in [0, 0.05) is 12.1 Å². The number of ether oxygens (including phenoxy) is 4. The molecule has 0 bridgehead atoms. The third kappa shape index (κ3) is 5.59. The van der Waals surface area contributed by atoms with Gasteiger partial charge in [0.15, 0.2) is 17.6 Å². The van der Waals surface area contributed by atoms with E-state index in [1.54, 1.807) is 27.4 Å². The van der Waals surface area contributed by atoms with Crippen molar-refractivity contribution in [3.63, 3.8) is 0 Å². The first-order chi connectivity index (χ1) is 14.2. The van der Waals surface area contributed by atoms with E-state index in [2.05, 4.69) is 26.1 Å². The van der Waals surface area contributed by atoms with Crippen LogP contribution < -0.4 is 24.3 Å². The van der Waals surface area contributed by atoms with Crippen LogP contribution >= 0.6 is 0 Å². The summed E-state index contributed by atoms with van der Waals surface area (Å²) in [5.74, 6) is 2.08. The average molecular weight is 416 g/mol. The summed E-state index contributed by atoms with van der Waals surface area (Å²) in [5, 5.41) is 2.93. The van der Waals surface area contributed by atoms with Crippen molar-refractivity contribution in [2.45, 2.75) is 52.2 Å². The summed E-state index contributed by atoms with van der Waals surface area (Å²) in [5.41, 5.74) is 2.07. The topological polar surface area (TPSA) is 66.0 Å². The lowest BCUT2D eigenvalue weighted by Crippen LogP contribution is -2.37. The van der Waals surface area contributed by atoms with Crippen LogP contribution in [0.2, 0.25) is 0 Å². The third-order valence-electron chi connectivity index (χ3n) is 4.90. The highest BCUT2D eigenvalue weighted by Gasteiger charge is 2.21. The van der Waals surface area contributed by atoms with Crippen LogP contribution in [0.4, 0.5) is 0 Å². The number of hydrogen-bond donors (Lipinski definition) is 1. The fourth-order valence-corrected chi connectivity index (χ4v) is 3.12. The van der Waals surface area contributed by atoms with Gasteiger partial charge in [-0.25, -0.2) is 0 Å². The number of rotatable bonds is 9. The first-order valence-corrected chi connectivity index (χ1v) is 10.1. The summed E-state index contributed by atoms with van der Waals surface area (Å²) >= 11 is 0. The van der Waals surface area contributed by atoms with Crippen LogP contribution in [-0.2, 0) is 16.8 Å². The van der Waals surface area contributed by atoms with Crippen LogP contribution in [0.25, 0.3) is 0 Å². The van der Waals surface area contributed by atoms with E-state index in [4.69, 9.17) is 18.9 Å². The molecule has 164 valence electrons. The molecule has 0 fully saturated rings. The number of carbonyl (C=O) groups excluding carboxylic acids is 1. The highest BCUT2D eigenvalue weighted by atomic mass is 16.5. The minimum absolute atomic E-state index is 0.0680. The van der Waals surface area contributed by atoms with Crippen LogP contribution in [0.3, 0.4) is 0 Å². The Hall–Kier alpha value is -2.89. The van der Waals surface area contributed by atoms with Crippen LogP contribution in [-0.4, -0.2) is 33.3 Å². The van der Waals surface area contributed by atoms with Crippen LogP contribution in [0.15, 0.2) is 36.4 Å². The van der Waals surface area contributed by atoms with Gasteiger partial charge >= 0.3 is 0 Å². The molecule has 0 aromatic heterocycles. The lowest BCUT2D eigenvalue weighted by molar-refractivity contribution is -0.128. The Morgan fingerprint density at radius 2 is 1.57 bits per heavy atom. The smallest absolute Gasteiger partial charge is 0.261 e. The molecule has 2 rings (SSSR count). The second-order valence-corrected chi connectivity index (χ2v) is 8.00. The molecule has 6 heteroatoms. The zero-order valence-electron chi connectivity index (χ0n) is 19.0. The van der Waals surface area contributed by atoms with Gasteiger partial charge in [-0.1, -0.05) is 39.8 Å². The summed E-state index contributed by atoms with van der Waals surface area (Å²) in [6.07, 6.45) is -0.0349. The molecule has 0 aliphatic rings. The highest BCUT2D eigenvalue weighted by molar-refractivity contribution is 5.81. The SMILES string of the molecule is CCC(Oc1ccc(C(C)(C)C)cc1)C(=O)NCc1ccc(OC)c(OC)c1OC. The molecule has 0 radical (unpaired) electrons.